The van der Waals surface area contributed by atoms with Crippen LogP contribution < -0.4 is 9.47 Å². The van der Waals surface area contributed by atoms with Gasteiger partial charge in [0.05, 0.1) is 23.5 Å². The third kappa shape index (κ3) is 5.66. The van der Waals surface area contributed by atoms with Gasteiger partial charge in [0, 0.05) is 18.7 Å². The molecule has 2 aromatic rings. The number of hydrogen-bond donors (Lipinski definition) is 0. The van der Waals surface area contributed by atoms with Crippen LogP contribution in [0.3, 0.4) is 0 Å². The monoisotopic (exact) mass is 552 g/mol. The third-order valence-corrected chi connectivity index (χ3v) is 7.93. The summed E-state index contributed by atoms with van der Waals surface area (Å²) in [6.45, 7) is 8.05. The van der Waals surface area contributed by atoms with Crippen molar-refractivity contribution in [2.75, 3.05) is 26.8 Å². The third-order valence-electron chi connectivity index (χ3n) is 6.11. The van der Waals surface area contributed by atoms with E-state index in [1.165, 1.54) is 7.11 Å². The molecular formula is C28H28N2O6S2. The van der Waals surface area contributed by atoms with E-state index in [-0.39, 0.29) is 18.0 Å². The predicted octanol–water partition coefficient (Wildman–Crippen LogP) is 5.79. The average molecular weight is 553 g/mol. The van der Waals surface area contributed by atoms with Gasteiger partial charge in [-0.05, 0) is 98.3 Å². The van der Waals surface area contributed by atoms with Crippen molar-refractivity contribution in [2.24, 2.45) is 0 Å². The molecule has 0 atom stereocenters. The molecule has 2 aromatic carbocycles. The zero-order valence-corrected chi connectivity index (χ0v) is 23.5. The quantitative estimate of drug-likeness (QED) is 0.380. The summed E-state index contributed by atoms with van der Waals surface area (Å²) < 4.78 is 10.9. The van der Waals surface area contributed by atoms with Crippen LogP contribution in [0.15, 0.2) is 40.1 Å². The molecule has 0 saturated carbocycles. The maximum Gasteiger partial charge on any atom is 0.293 e. The SMILES string of the molecule is CCOc1ccc(OC)cc1C=C1SC(=O)N(CCN2C(=O)SC(=Cc3c(C)cc(C)cc3C)C2=O)C1=O. The van der Waals surface area contributed by atoms with E-state index in [0.29, 0.717) is 28.6 Å². The molecule has 38 heavy (non-hydrogen) atoms. The Kier molecular flexibility index (Phi) is 8.32. The second-order valence-electron chi connectivity index (χ2n) is 8.82. The number of aryl methyl sites for hydroxylation is 3. The number of ether oxygens (including phenoxy) is 2. The van der Waals surface area contributed by atoms with Gasteiger partial charge in [-0.2, -0.15) is 0 Å². The van der Waals surface area contributed by atoms with Crippen molar-refractivity contribution in [3.8, 4) is 11.5 Å². The number of nitrogens with zero attached hydrogens (tertiary/aromatic N) is 2. The number of hydrogen-bond acceptors (Lipinski definition) is 8. The molecule has 0 unspecified atom stereocenters. The Balaban J connectivity index is 1.49. The van der Waals surface area contributed by atoms with Crippen LogP contribution in [-0.2, 0) is 9.59 Å². The molecule has 0 N–H and O–H groups in total. The summed E-state index contributed by atoms with van der Waals surface area (Å²) >= 11 is 1.67. The van der Waals surface area contributed by atoms with Gasteiger partial charge in [-0.1, -0.05) is 17.7 Å². The lowest BCUT2D eigenvalue weighted by atomic mass is 9.99. The van der Waals surface area contributed by atoms with E-state index >= 15 is 0 Å². The van der Waals surface area contributed by atoms with Crippen LogP contribution in [0.1, 0.15) is 34.7 Å². The number of methoxy groups -OCH3 is 1. The molecule has 2 saturated heterocycles. The second-order valence-corrected chi connectivity index (χ2v) is 10.8. The van der Waals surface area contributed by atoms with E-state index in [4.69, 9.17) is 9.47 Å². The van der Waals surface area contributed by atoms with E-state index in [0.717, 1.165) is 55.6 Å². The van der Waals surface area contributed by atoms with Crippen LogP contribution in [0.5, 0.6) is 11.5 Å². The maximum absolute atomic E-state index is 13.1. The summed E-state index contributed by atoms with van der Waals surface area (Å²) in [7, 11) is 1.54. The smallest absolute Gasteiger partial charge is 0.293 e. The summed E-state index contributed by atoms with van der Waals surface area (Å²) in [6.07, 6.45) is 3.33. The first-order valence-electron chi connectivity index (χ1n) is 12.0. The topological polar surface area (TPSA) is 93.2 Å². The summed E-state index contributed by atoms with van der Waals surface area (Å²) in [6, 6.07) is 9.27. The Morgan fingerprint density at radius 1 is 0.816 bits per heavy atom. The summed E-state index contributed by atoms with van der Waals surface area (Å²) in [5.74, 6) is 0.226. The molecular weight excluding hydrogens is 524 g/mol. The van der Waals surface area contributed by atoms with Crippen LogP contribution in [-0.4, -0.2) is 58.9 Å². The van der Waals surface area contributed by atoms with Crippen molar-refractivity contribution >= 4 is 58.0 Å². The molecule has 2 aliphatic heterocycles. The fraction of sp³-hybridized carbons (Fsp3) is 0.286. The summed E-state index contributed by atoms with van der Waals surface area (Å²) in [5.41, 5.74) is 4.66. The van der Waals surface area contributed by atoms with Gasteiger partial charge in [0.15, 0.2) is 0 Å². The second kappa shape index (κ2) is 11.5. The first-order chi connectivity index (χ1) is 18.1. The molecule has 198 valence electrons. The normalized spacial score (nSPS) is 17.9. The van der Waals surface area contributed by atoms with Crippen molar-refractivity contribution < 1.29 is 28.7 Å². The molecule has 2 aliphatic rings. The number of rotatable bonds is 8. The fourth-order valence-corrected chi connectivity index (χ4v) is 6.03. The molecule has 8 nitrogen and oxygen atoms in total. The van der Waals surface area contributed by atoms with Crippen LogP contribution in [0.25, 0.3) is 12.2 Å². The Labute approximate surface area is 230 Å². The average Bonchev–Trinajstić information content (AvgIpc) is 3.29. The molecule has 4 rings (SSSR count). The van der Waals surface area contributed by atoms with Gasteiger partial charge in [0.2, 0.25) is 0 Å². The molecule has 4 amide bonds. The Morgan fingerprint density at radius 3 is 1.89 bits per heavy atom. The lowest BCUT2D eigenvalue weighted by Gasteiger charge is -2.17. The van der Waals surface area contributed by atoms with E-state index < -0.39 is 22.3 Å². The van der Waals surface area contributed by atoms with Crippen LogP contribution in [0.2, 0.25) is 0 Å². The van der Waals surface area contributed by atoms with Gasteiger partial charge in [0.25, 0.3) is 22.3 Å². The number of benzene rings is 2. The first kappa shape index (κ1) is 27.5. The van der Waals surface area contributed by atoms with Gasteiger partial charge in [-0.3, -0.25) is 29.0 Å². The molecule has 0 bridgehead atoms. The molecule has 0 radical (unpaired) electrons. The summed E-state index contributed by atoms with van der Waals surface area (Å²) in [4.78, 5) is 54.1. The highest BCUT2D eigenvalue weighted by Crippen LogP contribution is 2.37. The zero-order chi connectivity index (χ0) is 27.6. The van der Waals surface area contributed by atoms with Gasteiger partial charge in [-0.15, -0.1) is 0 Å². The minimum Gasteiger partial charge on any atom is -0.497 e. The first-order valence-corrected chi connectivity index (χ1v) is 13.7. The van der Waals surface area contributed by atoms with Crippen molar-refractivity contribution in [1.29, 1.82) is 0 Å². The molecule has 0 aromatic heterocycles. The summed E-state index contributed by atoms with van der Waals surface area (Å²) in [5, 5.41) is -0.889. The highest BCUT2D eigenvalue weighted by atomic mass is 32.2. The molecule has 2 heterocycles. The molecule has 2 fully saturated rings. The van der Waals surface area contributed by atoms with Gasteiger partial charge < -0.3 is 9.47 Å². The minimum atomic E-state index is -0.487. The highest BCUT2D eigenvalue weighted by Gasteiger charge is 2.39. The highest BCUT2D eigenvalue weighted by molar-refractivity contribution is 8.18. The molecule has 10 heteroatoms. The Hall–Kier alpha value is -3.50. The van der Waals surface area contributed by atoms with E-state index in [9.17, 15) is 19.2 Å². The van der Waals surface area contributed by atoms with Crippen molar-refractivity contribution in [1.82, 2.24) is 9.80 Å². The van der Waals surface area contributed by atoms with Crippen molar-refractivity contribution in [3.63, 3.8) is 0 Å². The number of carbonyl (C=O) groups is 4. The van der Waals surface area contributed by atoms with Gasteiger partial charge >= 0.3 is 0 Å². The van der Waals surface area contributed by atoms with Crippen molar-refractivity contribution in [3.05, 3.63) is 68.0 Å². The number of thioether (sulfide) groups is 2. The van der Waals surface area contributed by atoms with Crippen LogP contribution in [0, 0.1) is 20.8 Å². The van der Waals surface area contributed by atoms with Gasteiger partial charge in [-0.25, -0.2) is 0 Å². The lowest BCUT2D eigenvalue weighted by Crippen LogP contribution is -2.39. The minimum absolute atomic E-state index is 0.0808. The lowest BCUT2D eigenvalue weighted by molar-refractivity contribution is -0.125. The van der Waals surface area contributed by atoms with E-state index in [2.05, 4.69) is 0 Å². The largest absolute Gasteiger partial charge is 0.497 e. The maximum atomic E-state index is 13.1. The van der Waals surface area contributed by atoms with E-state index in [1.807, 2.05) is 39.8 Å². The van der Waals surface area contributed by atoms with E-state index in [1.54, 1.807) is 30.4 Å². The number of amides is 4. The van der Waals surface area contributed by atoms with Crippen LogP contribution >= 0.6 is 23.5 Å². The fourth-order valence-electron chi connectivity index (χ4n) is 4.33. The Bertz CT molecular complexity index is 1370. The predicted molar refractivity (Wildman–Crippen MR) is 150 cm³/mol. The van der Waals surface area contributed by atoms with Crippen LogP contribution in [0.4, 0.5) is 9.59 Å². The zero-order valence-electron chi connectivity index (χ0n) is 21.8. The Morgan fingerprint density at radius 2 is 1.37 bits per heavy atom. The van der Waals surface area contributed by atoms with Crippen molar-refractivity contribution in [2.45, 2.75) is 27.7 Å². The molecule has 0 spiro atoms. The number of imide groups is 2. The standard InChI is InChI=1S/C28H28N2O6S2/c1-6-36-22-8-7-20(35-5)13-19(22)14-23-25(31)29(27(33)37-23)9-10-30-26(32)24(38-28(30)34)15-21-17(3)11-16(2)12-18(21)4/h7-8,11-15H,6,9-10H2,1-5H3. The number of carbonyl (C=O) groups excluding carboxylic acids is 4. The molecule has 0 aliphatic carbocycles. The van der Waals surface area contributed by atoms with Gasteiger partial charge in [0.1, 0.15) is 11.5 Å².